The highest BCUT2D eigenvalue weighted by Crippen LogP contribution is 2.19. The monoisotopic (exact) mass is 346 g/mol. The molecule has 0 aliphatic heterocycles. The van der Waals surface area contributed by atoms with E-state index in [1.165, 1.54) is 0 Å². The van der Waals surface area contributed by atoms with Crippen molar-refractivity contribution in [3.8, 4) is 0 Å². The van der Waals surface area contributed by atoms with Gasteiger partial charge in [0, 0.05) is 28.6 Å². The van der Waals surface area contributed by atoms with Crippen LogP contribution in [0.1, 0.15) is 17.7 Å². The minimum atomic E-state index is -0.168. The van der Waals surface area contributed by atoms with Crippen LogP contribution in [0.5, 0.6) is 0 Å². The summed E-state index contributed by atoms with van der Waals surface area (Å²) in [6.45, 7) is 2.44. The van der Waals surface area contributed by atoms with Crippen molar-refractivity contribution in [2.24, 2.45) is 5.10 Å². The third kappa shape index (κ3) is 3.06. The smallest absolute Gasteiger partial charge is 0.241 e. The fraction of sp³-hybridized carbons (Fsp3) is 0.158. The van der Waals surface area contributed by atoms with E-state index < -0.39 is 0 Å². The van der Waals surface area contributed by atoms with E-state index in [1.54, 1.807) is 10.9 Å². The number of para-hydroxylation sites is 2. The van der Waals surface area contributed by atoms with Crippen molar-refractivity contribution in [2.45, 2.75) is 19.9 Å². The highest BCUT2D eigenvalue weighted by atomic mass is 16.2. The Morgan fingerprint density at radius 2 is 2.04 bits per heavy atom. The van der Waals surface area contributed by atoms with E-state index in [9.17, 15) is 4.79 Å². The Balaban J connectivity index is 1.39. The summed E-state index contributed by atoms with van der Waals surface area (Å²) in [5.74, 6) is -0.168. The number of nitrogens with zero attached hydrogens (tertiary/aromatic N) is 4. The molecule has 0 bridgehead atoms. The number of benzene rings is 2. The summed E-state index contributed by atoms with van der Waals surface area (Å²) >= 11 is 0. The molecule has 0 atom stereocenters. The summed E-state index contributed by atoms with van der Waals surface area (Å²) in [5.41, 5.74) is 7.35. The first-order valence-electron chi connectivity index (χ1n) is 8.40. The number of aryl methyl sites for hydroxylation is 2. The molecule has 0 aliphatic carbocycles. The van der Waals surface area contributed by atoms with Crippen molar-refractivity contribution >= 4 is 34.1 Å². The molecular formula is C19H18N6O. The van der Waals surface area contributed by atoms with Crippen molar-refractivity contribution in [1.29, 1.82) is 0 Å². The molecule has 2 aromatic carbocycles. The fourth-order valence-corrected chi connectivity index (χ4v) is 2.98. The molecule has 0 spiro atoms. The van der Waals surface area contributed by atoms with E-state index in [1.807, 2.05) is 55.5 Å². The largest absolute Gasteiger partial charge is 0.358 e. The molecule has 130 valence electrons. The lowest BCUT2D eigenvalue weighted by Gasteiger charge is -2.01. The number of H-pyrrole nitrogens is 1. The maximum atomic E-state index is 12.1. The molecule has 2 N–H and O–H groups in total. The molecule has 2 aromatic heterocycles. The molecule has 26 heavy (non-hydrogen) atoms. The third-order valence-corrected chi connectivity index (χ3v) is 4.30. The van der Waals surface area contributed by atoms with Gasteiger partial charge in [0.05, 0.1) is 18.3 Å². The van der Waals surface area contributed by atoms with Gasteiger partial charge in [-0.15, -0.1) is 5.10 Å². The Morgan fingerprint density at radius 3 is 2.96 bits per heavy atom. The number of rotatable bonds is 5. The van der Waals surface area contributed by atoms with Crippen LogP contribution in [0.4, 0.5) is 0 Å². The Morgan fingerprint density at radius 1 is 1.23 bits per heavy atom. The first-order valence-corrected chi connectivity index (χ1v) is 8.40. The number of hydrazone groups is 1. The average Bonchev–Trinajstić information content (AvgIpc) is 3.21. The molecule has 4 rings (SSSR count). The van der Waals surface area contributed by atoms with Gasteiger partial charge in [-0.3, -0.25) is 4.79 Å². The van der Waals surface area contributed by atoms with E-state index in [4.69, 9.17) is 0 Å². The molecule has 0 radical (unpaired) electrons. The summed E-state index contributed by atoms with van der Waals surface area (Å²) in [4.78, 5) is 15.4. The molecule has 1 amide bonds. The molecule has 4 aromatic rings. The predicted octanol–water partition coefficient (Wildman–Crippen LogP) is 2.76. The lowest BCUT2D eigenvalue weighted by Crippen LogP contribution is -2.19. The van der Waals surface area contributed by atoms with Gasteiger partial charge in [-0.05, 0) is 25.1 Å². The van der Waals surface area contributed by atoms with Crippen LogP contribution in [0.25, 0.3) is 21.9 Å². The van der Waals surface area contributed by atoms with Gasteiger partial charge in [-0.1, -0.05) is 35.5 Å². The van der Waals surface area contributed by atoms with Gasteiger partial charge in [0.25, 0.3) is 0 Å². The van der Waals surface area contributed by atoms with E-state index in [2.05, 4.69) is 25.8 Å². The highest BCUT2D eigenvalue weighted by Gasteiger charge is 2.07. The van der Waals surface area contributed by atoms with Crippen molar-refractivity contribution in [3.05, 3.63) is 59.8 Å². The Bertz CT molecular complexity index is 1110. The number of hydrogen-bond acceptors (Lipinski definition) is 4. The lowest BCUT2D eigenvalue weighted by molar-refractivity contribution is -0.121. The van der Waals surface area contributed by atoms with Gasteiger partial charge >= 0.3 is 0 Å². The zero-order valence-corrected chi connectivity index (χ0v) is 14.3. The van der Waals surface area contributed by atoms with Crippen molar-refractivity contribution < 1.29 is 4.79 Å². The Hall–Kier alpha value is -3.48. The first kappa shape index (κ1) is 16.0. The predicted molar refractivity (Wildman–Crippen MR) is 101 cm³/mol. The summed E-state index contributed by atoms with van der Waals surface area (Å²) < 4.78 is 1.72. The molecule has 0 aliphatic rings. The van der Waals surface area contributed by atoms with E-state index in [-0.39, 0.29) is 12.3 Å². The van der Waals surface area contributed by atoms with Gasteiger partial charge in [-0.2, -0.15) is 5.10 Å². The quantitative estimate of drug-likeness (QED) is 0.430. The van der Waals surface area contributed by atoms with Crippen LogP contribution in [0.15, 0.2) is 53.6 Å². The number of carbonyl (C=O) groups excluding carboxylic acids is 1. The fourth-order valence-electron chi connectivity index (χ4n) is 2.98. The van der Waals surface area contributed by atoms with E-state index in [0.29, 0.717) is 6.54 Å². The lowest BCUT2D eigenvalue weighted by atomic mass is 10.1. The first-order chi connectivity index (χ1) is 12.7. The van der Waals surface area contributed by atoms with E-state index >= 15 is 0 Å². The highest BCUT2D eigenvalue weighted by molar-refractivity contribution is 6.00. The second kappa shape index (κ2) is 6.79. The summed E-state index contributed by atoms with van der Waals surface area (Å²) in [7, 11) is 0. The molecule has 7 nitrogen and oxygen atoms in total. The number of carbonyl (C=O) groups is 1. The van der Waals surface area contributed by atoms with Gasteiger partial charge in [0.2, 0.25) is 5.91 Å². The van der Waals surface area contributed by atoms with Gasteiger partial charge in [-0.25, -0.2) is 10.1 Å². The van der Waals surface area contributed by atoms with Crippen molar-refractivity contribution in [2.75, 3.05) is 0 Å². The zero-order valence-electron chi connectivity index (χ0n) is 14.3. The second-order valence-electron chi connectivity index (χ2n) is 6.05. The van der Waals surface area contributed by atoms with E-state index in [0.717, 1.165) is 33.2 Å². The minimum Gasteiger partial charge on any atom is -0.358 e. The Labute approximate surface area is 149 Å². The van der Waals surface area contributed by atoms with Crippen LogP contribution >= 0.6 is 0 Å². The average molecular weight is 346 g/mol. The van der Waals surface area contributed by atoms with Gasteiger partial charge in [0.1, 0.15) is 5.52 Å². The van der Waals surface area contributed by atoms with Crippen LogP contribution in [0.2, 0.25) is 0 Å². The normalized spacial score (nSPS) is 11.6. The number of amides is 1. The molecule has 7 heteroatoms. The maximum absolute atomic E-state index is 12.1. The van der Waals surface area contributed by atoms with Gasteiger partial charge in [0.15, 0.2) is 0 Å². The van der Waals surface area contributed by atoms with Gasteiger partial charge < -0.3 is 4.98 Å². The molecule has 0 saturated carbocycles. The Kier molecular flexibility index (Phi) is 4.18. The summed E-state index contributed by atoms with van der Waals surface area (Å²) in [5, 5.41) is 13.3. The standard InChI is InChI=1S/C19H18N6O/c1-13-15(14-6-2-3-7-16(14)21-13)12-20-23-19(26)10-11-25-18-9-5-4-8-17(18)22-24-25/h2-9,12,21H,10-11H2,1H3,(H,23,26). The molecule has 0 fully saturated rings. The van der Waals surface area contributed by atoms with Crippen molar-refractivity contribution in [1.82, 2.24) is 25.4 Å². The van der Waals surface area contributed by atoms with Crippen LogP contribution in [-0.4, -0.2) is 32.1 Å². The van der Waals surface area contributed by atoms with Crippen LogP contribution < -0.4 is 5.43 Å². The molecule has 0 saturated heterocycles. The van der Waals surface area contributed by atoms with Crippen LogP contribution in [-0.2, 0) is 11.3 Å². The number of aromatic nitrogens is 4. The topological polar surface area (TPSA) is 88.0 Å². The molecule has 2 heterocycles. The van der Waals surface area contributed by atoms with Crippen molar-refractivity contribution in [3.63, 3.8) is 0 Å². The summed E-state index contributed by atoms with van der Waals surface area (Å²) in [6.07, 6.45) is 1.95. The number of nitrogens with one attached hydrogen (secondary N) is 2. The molecule has 0 unspecified atom stereocenters. The SMILES string of the molecule is Cc1[nH]c2ccccc2c1C=NNC(=O)CCn1nnc2ccccc21. The number of fused-ring (bicyclic) bond motifs is 2. The van der Waals surface area contributed by atoms with Crippen LogP contribution in [0, 0.1) is 6.92 Å². The van der Waals surface area contributed by atoms with Crippen LogP contribution in [0.3, 0.4) is 0 Å². The second-order valence-corrected chi connectivity index (χ2v) is 6.05. The maximum Gasteiger partial charge on any atom is 0.241 e. The minimum absolute atomic E-state index is 0.168. The molecular weight excluding hydrogens is 328 g/mol. The summed E-state index contributed by atoms with van der Waals surface area (Å²) in [6, 6.07) is 15.7. The number of hydrogen-bond donors (Lipinski definition) is 2. The number of aromatic amines is 1. The zero-order chi connectivity index (χ0) is 17.9. The third-order valence-electron chi connectivity index (χ3n) is 4.30.